The summed E-state index contributed by atoms with van der Waals surface area (Å²) in [5, 5.41) is 4.41. The minimum absolute atomic E-state index is 0.219. The largest absolute Gasteiger partial charge is 0.326 e. The molecule has 1 heterocycles. The first-order chi connectivity index (χ1) is 9.81. The number of nitrogens with two attached hydrogens (primary N) is 1. The molecule has 1 aliphatic carbocycles. The summed E-state index contributed by atoms with van der Waals surface area (Å²) in [5.74, 6) is 0. The molecule has 0 saturated heterocycles. The van der Waals surface area contributed by atoms with E-state index in [-0.39, 0.29) is 6.04 Å². The number of thiophene rings is 1. The summed E-state index contributed by atoms with van der Waals surface area (Å²) in [6.07, 6.45) is 3.64. The third kappa shape index (κ3) is 3.92. The normalized spacial score (nSPS) is 16.5. The predicted octanol–water partition coefficient (Wildman–Crippen LogP) is 3.28. The molecule has 2 nitrogen and oxygen atoms in total. The summed E-state index contributed by atoms with van der Waals surface area (Å²) in [7, 11) is 0. The van der Waals surface area contributed by atoms with Crippen LogP contribution in [0.4, 0.5) is 0 Å². The van der Waals surface area contributed by atoms with Gasteiger partial charge < -0.3 is 5.73 Å². The summed E-state index contributed by atoms with van der Waals surface area (Å²) >= 11 is 1.78. The minimum atomic E-state index is 0.219. The van der Waals surface area contributed by atoms with E-state index in [0.717, 1.165) is 25.6 Å². The van der Waals surface area contributed by atoms with Crippen LogP contribution in [0.2, 0.25) is 0 Å². The molecule has 1 atom stereocenters. The van der Waals surface area contributed by atoms with Gasteiger partial charge >= 0.3 is 0 Å². The molecule has 3 heteroatoms. The molecular formula is C17H22N2S. The van der Waals surface area contributed by atoms with Gasteiger partial charge in [-0.15, -0.1) is 0 Å². The summed E-state index contributed by atoms with van der Waals surface area (Å²) in [6, 6.07) is 13.8. The van der Waals surface area contributed by atoms with Gasteiger partial charge in [-0.3, -0.25) is 4.90 Å². The third-order valence-electron chi connectivity index (χ3n) is 3.84. The van der Waals surface area contributed by atoms with Crippen LogP contribution in [-0.2, 0) is 13.0 Å². The van der Waals surface area contributed by atoms with E-state index in [9.17, 15) is 0 Å². The summed E-state index contributed by atoms with van der Waals surface area (Å²) in [4.78, 5) is 2.57. The molecule has 1 aromatic heterocycles. The number of hydrogen-bond donors (Lipinski definition) is 1. The molecular weight excluding hydrogens is 264 g/mol. The molecule has 0 bridgehead atoms. The molecule has 3 rings (SSSR count). The van der Waals surface area contributed by atoms with Crippen molar-refractivity contribution in [2.24, 2.45) is 5.73 Å². The van der Waals surface area contributed by atoms with E-state index in [2.05, 4.69) is 52.1 Å². The Hall–Kier alpha value is -1.16. The van der Waals surface area contributed by atoms with Crippen LogP contribution in [-0.4, -0.2) is 23.5 Å². The van der Waals surface area contributed by atoms with Crippen molar-refractivity contribution in [2.45, 2.75) is 37.9 Å². The van der Waals surface area contributed by atoms with Crippen LogP contribution < -0.4 is 5.73 Å². The zero-order valence-corrected chi connectivity index (χ0v) is 12.6. The maximum atomic E-state index is 6.36. The summed E-state index contributed by atoms with van der Waals surface area (Å²) < 4.78 is 0. The van der Waals surface area contributed by atoms with Crippen molar-refractivity contribution in [3.8, 4) is 0 Å². The predicted molar refractivity (Wildman–Crippen MR) is 85.9 cm³/mol. The molecule has 20 heavy (non-hydrogen) atoms. The number of hydrogen-bond acceptors (Lipinski definition) is 3. The second-order valence-electron chi connectivity index (χ2n) is 5.74. The van der Waals surface area contributed by atoms with E-state index in [1.807, 2.05) is 0 Å². The molecule has 2 aromatic rings. The standard InChI is InChI=1S/C17H22N2S/c18-16(10-14-4-2-1-3-5-14)12-19(17-6-7-17)11-15-8-9-20-13-15/h1-5,8-9,13,16-17H,6-7,10-12,18H2. The van der Waals surface area contributed by atoms with Crippen LogP contribution in [0, 0.1) is 0 Å². The van der Waals surface area contributed by atoms with Gasteiger partial charge in [0.1, 0.15) is 0 Å². The monoisotopic (exact) mass is 286 g/mol. The fourth-order valence-corrected chi connectivity index (χ4v) is 3.34. The van der Waals surface area contributed by atoms with E-state index in [0.29, 0.717) is 0 Å². The van der Waals surface area contributed by atoms with Crippen LogP contribution >= 0.6 is 11.3 Å². The lowest BCUT2D eigenvalue weighted by Gasteiger charge is -2.25. The topological polar surface area (TPSA) is 29.3 Å². The van der Waals surface area contributed by atoms with Crippen molar-refractivity contribution in [1.29, 1.82) is 0 Å². The quantitative estimate of drug-likeness (QED) is 0.846. The Morgan fingerprint density at radius 2 is 1.95 bits per heavy atom. The lowest BCUT2D eigenvalue weighted by atomic mass is 10.1. The zero-order valence-electron chi connectivity index (χ0n) is 11.7. The Bertz CT molecular complexity index is 505. The maximum Gasteiger partial charge on any atom is 0.0245 e. The van der Waals surface area contributed by atoms with E-state index >= 15 is 0 Å². The maximum absolute atomic E-state index is 6.36. The Labute approximate surface area is 125 Å². The van der Waals surface area contributed by atoms with E-state index in [1.54, 1.807) is 11.3 Å². The Morgan fingerprint density at radius 1 is 1.15 bits per heavy atom. The van der Waals surface area contributed by atoms with Gasteiger partial charge in [-0.1, -0.05) is 30.3 Å². The highest BCUT2D eigenvalue weighted by Crippen LogP contribution is 2.28. The molecule has 1 unspecified atom stereocenters. The Balaban J connectivity index is 1.56. The molecule has 0 spiro atoms. The van der Waals surface area contributed by atoms with Crippen molar-refractivity contribution >= 4 is 11.3 Å². The lowest BCUT2D eigenvalue weighted by Crippen LogP contribution is -2.39. The molecule has 1 fully saturated rings. The molecule has 0 amide bonds. The van der Waals surface area contributed by atoms with Crippen LogP contribution in [0.5, 0.6) is 0 Å². The second kappa shape index (κ2) is 6.53. The van der Waals surface area contributed by atoms with Gasteiger partial charge in [0.05, 0.1) is 0 Å². The van der Waals surface area contributed by atoms with Crippen molar-refractivity contribution < 1.29 is 0 Å². The van der Waals surface area contributed by atoms with Gasteiger partial charge in [0.15, 0.2) is 0 Å². The van der Waals surface area contributed by atoms with Crippen LogP contribution in [0.15, 0.2) is 47.2 Å². The number of rotatable bonds is 7. The van der Waals surface area contributed by atoms with E-state index in [4.69, 9.17) is 5.73 Å². The van der Waals surface area contributed by atoms with Gasteiger partial charge in [0, 0.05) is 25.2 Å². The first-order valence-corrected chi connectivity index (χ1v) is 8.30. The van der Waals surface area contributed by atoms with Crippen LogP contribution in [0.3, 0.4) is 0 Å². The van der Waals surface area contributed by atoms with Gasteiger partial charge in [0.25, 0.3) is 0 Å². The fraction of sp³-hybridized carbons (Fsp3) is 0.412. The zero-order chi connectivity index (χ0) is 13.8. The van der Waals surface area contributed by atoms with Gasteiger partial charge in [-0.05, 0) is 47.2 Å². The summed E-state index contributed by atoms with van der Waals surface area (Å²) in [6.45, 7) is 2.05. The highest BCUT2D eigenvalue weighted by Gasteiger charge is 2.29. The van der Waals surface area contributed by atoms with Crippen molar-refractivity contribution in [3.05, 3.63) is 58.3 Å². The number of nitrogens with zero attached hydrogens (tertiary/aromatic N) is 1. The SMILES string of the molecule is NC(Cc1ccccc1)CN(Cc1ccsc1)C1CC1. The van der Waals surface area contributed by atoms with Gasteiger partial charge in [-0.25, -0.2) is 0 Å². The first-order valence-electron chi connectivity index (χ1n) is 7.36. The number of benzene rings is 1. The van der Waals surface area contributed by atoms with E-state index < -0.39 is 0 Å². The smallest absolute Gasteiger partial charge is 0.0245 e. The Morgan fingerprint density at radius 3 is 2.60 bits per heavy atom. The van der Waals surface area contributed by atoms with Crippen molar-refractivity contribution in [3.63, 3.8) is 0 Å². The molecule has 1 saturated carbocycles. The highest BCUT2D eigenvalue weighted by molar-refractivity contribution is 7.07. The molecule has 1 aliphatic rings. The first kappa shape index (κ1) is 13.8. The van der Waals surface area contributed by atoms with Crippen molar-refractivity contribution in [1.82, 2.24) is 4.90 Å². The van der Waals surface area contributed by atoms with Crippen LogP contribution in [0.25, 0.3) is 0 Å². The van der Waals surface area contributed by atoms with Crippen LogP contribution in [0.1, 0.15) is 24.0 Å². The minimum Gasteiger partial charge on any atom is -0.326 e. The molecule has 1 aromatic carbocycles. The van der Waals surface area contributed by atoms with E-state index in [1.165, 1.54) is 24.0 Å². The highest BCUT2D eigenvalue weighted by atomic mass is 32.1. The Kier molecular flexibility index (Phi) is 4.51. The molecule has 0 radical (unpaired) electrons. The third-order valence-corrected chi connectivity index (χ3v) is 4.57. The molecule has 0 aliphatic heterocycles. The average molecular weight is 286 g/mol. The second-order valence-corrected chi connectivity index (χ2v) is 6.52. The molecule has 2 N–H and O–H groups in total. The molecule has 106 valence electrons. The lowest BCUT2D eigenvalue weighted by molar-refractivity contribution is 0.238. The van der Waals surface area contributed by atoms with Gasteiger partial charge in [0.2, 0.25) is 0 Å². The van der Waals surface area contributed by atoms with Crippen molar-refractivity contribution in [2.75, 3.05) is 6.54 Å². The summed E-state index contributed by atoms with van der Waals surface area (Å²) in [5.41, 5.74) is 9.13. The fourth-order valence-electron chi connectivity index (χ4n) is 2.68. The average Bonchev–Trinajstić information content (AvgIpc) is 3.18. The van der Waals surface area contributed by atoms with Gasteiger partial charge in [-0.2, -0.15) is 11.3 Å².